The van der Waals surface area contributed by atoms with Gasteiger partial charge in [0.25, 0.3) is 5.24 Å². The van der Waals surface area contributed by atoms with Gasteiger partial charge in [-0.05, 0) is 42.6 Å². The highest BCUT2D eigenvalue weighted by atomic mass is 35.5. The third-order valence-electron chi connectivity index (χ3n) is 1.74. The lowest BCUT2D eigenvalue weighted by molar-refractivity contribution is 0.108. The third-order valence-corrected chi connectivity index (χ3v) is 1.95. The van der Waals surface area contributed by atoms with Crippen LogP contribution in [0.15, 0.2) is 12.1 Å². The molecular weight excluding hydrogens is 174 g/mol. The zero-order chi connectivity index (χ0) is 9.30. The van der Waals surface area contributed by atoms with Gasteiger partial charge in [0.15, 0.2) is 0 Å². The van der Waals surface area contributed by atoms with E-state index in [-0.39, 0.29) is 0 Å². The molecule has 0 aromatic heterocycles. The predicted octanol–water partition coefficient (Wildman–Crippen LogP) is 2.26. The number of halogens is 1. The second-order valence-corrected chi connectivity index (χ2v) is 3.16. The van der Waals surface area contributed by atoms with Crippen LogP contribution >= 0.6 is 11.6 Å². The van der Waals surface area contributed by atoms with Crippen molar-refractivity contribution in [3.63, 3.8) is 0 Å². The maximum atomic E-state index is 10.9. The molecule has 0 aliphatic rings. The molecule has 2 N–H and O–H groups in total. The molecule has 64 valence electrons. The fraction of sp³-hybridized carbons (Fsp3) is 0.222. The van der Waals surface area contributed by atoms with Crippen LogP contribution in [-0.4, -0.2) is 5.24 Å². The number of hydrogen-bond acceptors (Lipinski definition) is 2. The molecule has 2 nitrogen and oxygen atoms in total. The molecule has 0 amide bonds. The summed E-state index contributed by atoms with van der Waals surface area (Å²) in [5.74, 6) is 0. The summed E-state index contributed by atoms with van der Waals surface area (Å²) in [4.78, 5) is 10.9. The minimum absolute atomic E-state index is 0.397. The third kappa shape index (κ3) is 1.59. The van der Waals surface area contributed by atoms with Crippen molar-refractivity contribution in [1.82, 2.24) is 0 Å². The van der Waals surface area contributed by atoms with Gasteiger partial charge >= 0.3 is 0 Å². The second-order valence-electron chi connectivity index (χ2n) is 2.82. The first kappa shape index (κ1) is 9.07. The molecule has 1 aromatic carbocycles. The summed E-state index contributed by atoms with van der Waals surface area (Å²) in [5.41, 5.74) is 8.40. The van der Waals surface area contributed by atoms with Crippen LogP contribution < -0.4 is 5.73 Å². The molecule has 0 unspecified atom stereocenters. The average Bonchev–Trinajstić information content (AvgIpc) is 1.96. The van der Waals surface area contributed by atoms with Gasteiger partial charge in [-0.3, -0.25) is 4.79 Å². The summed E-state index contributed by atoms with van der Waals surface area (Å²) in [5, 5.41) is -0.501. The van der Waals surface area contributed by atoms with Gasteiger partial charge in [-0.15, -0.1) is 0 Å². The van der Waals surface area contributed by atoms with Crippen molar-refractivity contribution in [1.29, 1.82) is 0 Å². The minimum Gasteiger partial charge on any atom is -0.398 e. The number of nitrogens with two attached hydrogens (primary N) is 1. The molecule has 0 atom stereocenters. The Morgan fingerprint density at radius 3 is 2.50 bits per heavy atom. The Morgan fingerprint density at radius 2 is 2.00 bits per heavy atom. The molecule has 0 aliphatic heterocycles. The first-order valence-corrected chi connectivity index (χ1v) is 3.96. The Hall–Kier alpha value is -1.02. The summed E-state index contributed by atoms with van der Waals surface area (Å²) < 4.78 is 0. The Labute approximate surface area is 76.3 Å². The van der Waals surface area contributed by atoms with Crippen LogP contribution in [0.5, 0.6) is 0 Å². The predicted molar refractivity (Wildman–Crippen MR) is 50.5 cm³/mol. The molecule has 0 saturated carbocycles. The van der Waals surface area contributed by atoms with E-state index in [1.165, 1.54) is 0 Å². The molecule has 0 radical (unpaired) electrons. The van der Waals surface area contributed by atoms with Gasteiger partial charge in [0.05, 0.1) is 5.56 Å². The molecule has 0 saturated heterocycles. The van der Waals surface area contributed by atoms with Gasteiger partial charge in [-0.1, -0.05) is 6.07 Å². The van der Waals surface area contributed by atoms with E-state index in [1.54, 1.807) is 6.07 Å². The van der Waals surface area contributed by atoms with Crippen molar-refractivity contribution >= 4 is 22.5 Å². The molecule has 0 spiro atoms. The smallest absolute Gasteiger partial charge is 0.254 e. The summed E-state index contributed by atoms with van der Waals surface area (Å²) >= 11 is 5.33. The van der Waals surface area contributed by atoms with E-state index in [2.05, 4.69) is 0 Å². The number of benzene rings is 1. The van der Waals surface area contributed by atoms with Crippen molar-refractivity contribution in [2.45, 2.75) is 13.8 Å². The number of hydrogen-bond donors (Lipinski definition) is 1. The lowest BCUT2D eigenvalue weighted by Crippen LogP contribution is -2.00. The maximum absolute atomic E-state index is 10.9. The van der Waals surface area contributed by atoms with E-state index in [9.17, 15) is 4.79 Å². The molecule has 12 heavy (non-hydrogen) atoms. The summed E-state index contributed by atoms with van der Waals surface area (Å²) in [7, 11) is 0. The lowest BCUT2D eigenvalue weighted by Gasteiger charge is -2.05. The molecule has 1 aromatic rings. The van der Waals surface area contributed by atoms with Gasteiger partial charge in [0.1, 0.15) is 0 Å². The monoisotopic (exact) mass is 183 g/mol. The molecule has 0 fully saturated rings. The van der Waals surface area contributed by atoms with Crippen molar-refractivity contribution < 1.29 is 4.79 Å². The molecule has 0 bridgehead atoms. The largest absolute Gasteiger partial charge is 0.398 e. The number of carbonyl (C=O) groups excluding carboxylic acids is 1. The number of carbonyl (C=O) groups is 1. The summed E-state index contributed by atoms with van der Waals surface area (Å²) in [6, 6.07) is 3.61. The topological polar surface area (TPSA) is 43.1 Å². The lowest BCUT2D eigenvalue weighted by atomic mass is 10.1. The van der Waals surface area contributed by atoms with Crippen molar-refractivity contribution in [3.05, 3.63) is 28.8 Å². The highest BCUT2D eigenvalue weighted by molar-refractivity contribution is 6.68. The van der Waals surface area contributed by atoms with Crippen molar-refractivity contribution in [2.75, 3.05) is 5.73 Å². The van der Waals surface area contributed by atoms with Crippen LogP contribution in [-0.2, 0) is 0 Å². The fourth-order valence-electron chi connectivity index (χ4n) is 1.14. The van der Waals surface area contributed by atoms with Crippen LogP contribution in [0.1, 0.15) is 21.5 Å². The minimum atomic E-state index is -0.501. The number of anilines is 1. The first-order chi connectivity index (χ1) is 5.52. The van der Waals surface area contributed by atoms with Gasteiger partial charge < -0.3 is 5.73 Å². The highest BCUT2D eigenvalue weighted by Crippen LogP contribution is 2.20. The SMILES string of the molecule is Cc1cc(C)c(N)c(C(=O)Cl)c1. The Kier molecular flexibility index (Phi) is 2.38. The van der Waals surface area contributed by atoms with Crippen LogP contribution in [0, 0.1) is 13.8 Å². The van der Waals surface area contributed by atoms with Crippen LogP contribution in [0.4, 0.5) is 5.69 Å². The number of rotatable bonds is 1. The maximum Gasteiger partial charge on any atom is 0.254 e. The van der Waals surface area contributed by atoms with Gasteiger partial charge in [0, 0.05) is 5.69 Å². The molecule has 0 aliphatic carbocycles. The fourth-order valence-corrected chi connectivity index (χ4v) is 1.30. The van der Waals surface area contributed by atoms with Crippen LogP contribution in [0.3, 0.4) is 0 Å². The second kappa shape index (κ2) is 3.15. The van der Waals surface area contributed by atoms with Gasteiger partial charge in [-0.2, -0.15) is 0 Å². The van der Waals surface area contributed by atoms with E-state index >= 15 is 0 Å². The Bertz CT molecular complexity index is 334. The Morgan fingerprint density at radius 1 is 1.42 bits per heavy atom. The van der Waals surface area contributed by atoms with Crippen molar-refractivity contribution in [2.24, 2.45) is 0 Å². The van der Waals surface area contributed by atoms with E-state index < -0.39 is 5.24 Å². The van der Waals surface area contributed by atoms with Gasteiger partial charge in [0.2, 0.25) is 0 Å². The van der Waals surface area contributed by atoms with Crippen molar-refractivity contribution in [3.8, 4) is 0 Å². The van der Waals surface area contributed by atoms with Crippen LogP contribution in [0.2, 0.25) is 0 Å². The van der Waals surface area contributed by atoms with Gasteiger partial charge in [-0.25, -0.2) is 0 Å². The molecule has 0 heterocycles. The first-order valence-electron chi connectivity index (χ1n) is 3.59. The van der Waals surface area contributed by atoms with E-state index in [4.69, 9.17) is 17.3 Å². The normalized spacial score (nSPS) is 9.92. The molecule has 1 rings (SSSR count). The zero-order valence-corrected chi connectivity index (χ0v) is 7.77. The van der Waals surface area contributed by atoms with Crippen LogP contribution in [0.25, 0.3) is 0 Å². The number of nitrogen functional groups attached to an aromatic ring is 1. The quantitative estimate of drug-likeness (QED) is 0.536. The zero-order valence-electron chi connectivity index (χ0n) is 7.02. The summed E-state index contributed by atoms with van der Waals surface area (Å²) in [6.07, 6.45) is 0. The summed E-state index contributed by atoms with van der Waals surface area (Å²) in [6.45, 7) is 3.75. The van der Waals surface area contributed by atoms with E-state index in [0.717, 1.165) is 11.1 Å². The van der Waals surface area contributed by atoms with E-state index in [0.29, 0.717) is 11.3 Å². The highest BCUT2D eigenvalue weighted by Gasteiger charge is 2.08. The average molecular weight is 184 g/mol. The Balaban J connectivity index is 3.37. The molecule has 3 heteroatoms. The standard InChI is InChI=1S/C9H10ClNO/c1-5-3-6(2)8(11)7(4-5)9(10)12/h3-4H,11H2,1-2H3. The number of aryl methyl sites for hydroxylation is 2. The molecular formula is C9H10ClNO. The van der Waals surface area contributed by atoms with E-state index in [1.807, 2.05) is 19.9 Å².